The van der Waals surface area contributed by atoms with Gasteiger partial charge in [-0.05, 0) is 42.7 Å². The van der Waals surface area contributed by atoms with Crippen LogP contribution in [0.1, 0.15) is 28.8 Å². The average Bonchev–Trinajstić information content (AvgIpc) is 2.81. The Morgan fingerprint density at radius 3 is 2.34 bits per heavy atom. The highest BCUT2D eigenvalue weighted by Gasteiger charge is 2.35. The fourth-order valence-corrected chi connectivity index (χ4v) is 3.99. The monoisotopic (exact) mass is 462 g/mol. The van der Waals surface area contributed by atoms with Gasteiger partial charge in [-0.1, -0.05) is 23.7 Å². The van der Waals surface area contributed by atoms with Crippen molar-refractivity contribution in [1.29, 1.82) is 0 Å². The van der Waals surface area contributed by atoms with E-state index < -0.39 is 5.91 Å². The van der Waals surface area contributed by atoms with E-state index in [0.717, 1.165) is 18.4 Å². The number of halogens is 1. The number of carbonyl (C=O) groups excluding carboxylic acids is 2. The van der Waals surface area contributed by atoms with Gasteiger partial charge in [0, 0.05) is 35.8 Å². The van der Waals surface area contributed by atoms with Crippen molar-refractivity contribution in [3.05, 3.63) is 52.5 Å². The van der Waals surface area contributed by atoms with Crippen LogP contribution < -0.4 is 25.3 Å². The van der Waals surface area contributed by atoms with Crippen LogP contribution in [0.15, 0.2) is 36.4 Å². The number of nitrogens with one attached hydrogen (secondary N) is 1. The molecule has 0 aromatic heterocycles. The lowest BCUT2D eigenvalue weighted by Crippen LogP contribution is -2.44. The van der Waals surface area contributed by atoms with Gasteiger partial charge in [-0.3, -0.25) is 9.59 Å². The lowest BCUT2D eigenvalue weighted by molar-refractivity contribution is -0.120. The molecule has 0 aliphatic carbocycles. The molecule has 0 atom stereocenters. The van der Waals surface area contributed by atoms with Crippen molar-refractivity contribution in [3.63, 3.8) is 0 Å². The number of amides is 2. The Labute approximate surface area is 191 Å². The van der Waals surface area contributed by atoms with Gasteiger partial charge in [0.1, 0.15) is 0 Å². The van der Waals surface area contributed by atoms with Crippen LogP contribution in [0, 0.1) is 0 Å². The third kappa shape index (κ3) is 5.44. The number of nitrogens with two attached hydrogens (primary N) is 1. The standard InChI is InChI=1S/C23H27ClN2O6/c1-29-18-10-15(11-19(30-2)21(18)32-13-20(25)27)22(28)26-14-23(6-8-31-9-7-23)16-4-3-5-17(24)12-16/h3-5,10-12H,6-9,13-14H2,1-2H3,(H2,25,27)(H,26,28). The van der Waals surface area contributed by atoms with Gasteiger partial charge in [0.05, 0.1) is 14.2 Å². The van der Waals surface area contributed by atoms with Crippen molar-refractivity contribution < 1.29 is 28.5 Å². The molecule has 0 radical (unpaired) electrons. The summed E-state index contributed by atoms with van der Waals surface area (Å²) >= 11 is 6.22. The number of benzene rings is 2. The Balaban J connectivity index is 1.83. The predicted molar refractivity (Wildman–Crippen MR) is 120 cm³/mol. The molecule has 0 saturated carbocycles. The minimum atomic E-state index is -0.640. The summed E-state index contributed by atoms with van der Waals surface area (Å²) in [4.78, 5) is 24.1. The quantitative estimate of drug-likeness (QED) is 0.593. The van der Waals surface area contributed by atoms with E-state index in [9.17, 15) is 9.59 Å². The molecule has 2 aromatic carbocycles. The molecule has 0 bridgehead atoms. The molecule has 1 heterocycles. The summed E-state index contributed by atoms with van der Waals surface area (Å²) < 4.78 is 21.6. The number of hydrogen-bond donors (Lipinski definition) is 2. The normalized spacial score (nSPS) is 15.0. The SMILES string of the molecule is COc1cc(C(=O)NCC2(c3cccc(Cl)c3)CCOCC2)cc(OC)c1OCC(N)=O. The van der Waals surface area contributed by atoms with Gasteiger partial charge in [-0.2, -0.15) is 0 Å². The molecule has 8 nitrogen and oxygen atoms in total. The third-order valence-corrected chi connectivity index (χ3v) is 5.79. The van der Waals surface area contributed by atoms with Gasteiger partial charge < -0.3 is 30.0 Å². The maximum atomic E-state index is 13.0. The lowest BCUT2D eigenvalue weighted by Gasteiger charge is -2.38. The summed E-state index contributed by atoms with van der Waals surface area (Å²) in [5.41, 5.74) is 6.27. The van der Waals surface area contributed by atoms with E-state index >= 15 is 0 Å². The van der Waals surface area contributed by atoms with E-state index in [0.29, 0.717) is 30.3 Å². The van der Waals surface area contributed by atoms with E-state index in [1.807, 2.05) is 24.3 Å². The van der Waals surface area contributed by atoms with E-state index in [1.165, 1.54) is 26.4 Å². The Kier molecular flexibility index (Phi) is 7.82. The van der Waals surface area contributed by atoms with Crippen molar-refractivity contribution >= 4 is 23.4 Å². The minimum Gasteiger partial charge on any atom is -0.493 e. The van der Waals surface area contributed by atoms with Crippen molar-refractivity contribution in [3.8, 4) is 17.2 Å². The summed E-state index contributed by atoms with van der Waals surface area (Å²) in [6.45, 7) is 1.29. The van der Waals surface area contributed by atoms with Gasteiger partial charge in [0.2, 0.25) is 5.75 Å². The average molecular weight is 463 g/mol. The lowest BCUT2D eigenvalue weighted by atomic mass is 9.74. The molecule has 0 spiro atoms. The fourth-order valence-electron chi connectivity index (χ4n) is 3.80. The van der Waals surface area contributed by atoms with Crippen LogP contribution in [0.5, 0.6) is 17.2 Å². The summed E-state index contributed by atoms with van der Waals surface area (Å²) in [5.74, 6) is -0.224. The molecule has 172 valence electrons. The maximum absolute atomic E-state index is 13.0. The second kappa shape index (κ2) is 10.6. The molecule has 1 fully saturated rings. The van der Waals surface area contributed by atoms with Gasteiger partial charge in [-0.15, -0.1) is 0 Å². The van der Waals surface area contributed by atoms with E-state index in [-0.39, 0.29) is 35.2 Å². The zero-order valence-electron chi connectivity index (χ0n) is 18.1. The van der Waals surface area contributed by atoms with E-state index in [4.69, 9.17) is 36.3 Å². The number of primary amides is 1. The van der Waals surface area contributed by atoms with Crippen LogP contribution in [-0.4, -0.2) is 52.4 Å². The first-order valence-corrected chi connectivity index (χ1v) is 10.6. The first-order valence-electron chi connectivity index (χ1n) is 10.2. The zero-order chi connectivity index (χ0) is 23.1. The molecule has 32 heavy (non-hydrogen) atoms. The van der Waals surface area contributed by atoms with Crippen LogP contribution in [0.2, 0.25) is 5.02 Å². The zero-order valence-corrected chi connectivity index (χ0v) is 18.9. The molecule has 3 N–H and O–H groups in total. The Hall–Kier alpha value is -2.97. The molecule has 0 unspecified atom stereocenters. The Morgan fingerprint density at radius 2 is 1.78 bits per heavy atom. The first-order chi connectivity index (χ1) is 15.4. The molecule has 1 saturated heterocycles. The van der Waals surface area contributed by atoms with Crippen molar-refractivity contribution in [2.24, 2.45) is 5.73 Å². The van der Waals surface area contributed by atoms with Crippen LogP contribution in [0.4, 0.5) is 0 Å². The number of methoxy groups -OCH3 is 2. The highest BCUT2D eigenvalue weighted by atomic mass is 35.5. The molecule has 2 amide bonds. The number of carbonyl (C=O) groups is 2. The van der Waals surface area contributed by atoms with Crippen molar-refractivity contribution in [2.45, 2.75) is 18.3 Å². The summed E-state index contributed by atoms with van der Waals surface area (Å²) in [5, 5.41) is 3.69. The van der Waals surface area contributed by atoms with E-state index in [2.05, 4.69) is 5.32 Å². The molecular weight excluding hydrogens is 436 g/mol. The highest BCUT2D eigenvalue weighted by Crippen LogP contribution is 2.39. The smallest absolute Gasteiger partial charge is 0.255 e. The molecule has 3 rings (SSSR count). The van der Waals surface area contributed by atoms with Crippen LogP contribution >= 0.6 is 11.6 Å². The molecule has 1 aliphatic rings. The van der Waals surface area contributed by atoms with Gasteiger partial charge in [0.25, 0.3) is 11.8 Å². The third-order valence-electron chi connectivity index (χ3n) is 5.56. The first kappa shape index (κ1) is 23.7. The van der Waals surface area contributed by atoms with Crippen molar-refractivity contribution in [2.75, 3.05) is 40.6 Å². The van der Waals surface area contributed by atoms with Gasteiger partial charge >= 0.3 is 0 Å². The van der Waals surface area contributed by atoms with Gasteiger partial charge in [0.15, 0.2) is 18.1 Å². The number of rotatable bonds is 9. The molecular formula is C23H27ClN2O6. The van der Waals surface area contributed by atoms with Crippen LogP contribution in [-0.2, 0) is 14.9 Å². The van der Waals surface area contributed by atoms with Crippen LogP contribution in [0.25, 0.3) is 0 Å². The maximum Gasteiger partial charge on any atom is 0.255 e. The predicted octanol–water partition coefficient (Wildman–Crippen LogP) is 2.70. The molecule has 9 heteroatoms. The second-order valence-electron chi connectivity index (χ2n) is 7.55. The summed E-state index contributed by atoms with van der Waals surface area (Å²) in [7, 11) is 2.87. The minimum absolute atomic E-state index is 0.199. The number of ether oxygens (including phenoxy) is 4. The molecule has 2 aromatic rings. The van der Waals surface area contributed by atoms with E-state index in [1.54, 1.807) is 0 Å². The topological polar surface area (TPSA) is 109 Å². The van der Waals surface area contributed by atoms with Crippen molar-refractivity contribution in [1.82, 2.24) is 5.32 Å². The van der Waals surface area contributed by atoms with Crippen LogP contribution in [0.3, 0.4) is 0 Å². The summed E-state index contributed by atoms with van der Waals surface area (Å²) in [6.07, 6.45) is 1.53. The highest BCUT2D eigenvalue weighted by molar-refractivity contribution is 6.30. The summed E-state index contributed by atoms with van der Waals surface area (Å²) in [6, 6.07) is 10.8. The number of hydrogen-bond acceptors (Lipinski definition) is 6. The largest absolute Gasteiger partial charge is 0.493 e. The fraction of sp³-hybridized carbons (Fsp3) is 0.391. The second-order valence-corrected chi connectivity index (χ2v) is 7.99. The molecule has 1 aliphatic heterocycles. The Morgan fingerprint density at radius 1 is 1.12 bits per heavy atom. The Bertz CT molecular complexity index is 950. The van der Waals surface area contributed by atoms with Gasteiger partial charge in [-0.25, -0.2) is 0 Å².